The Morgan fingerprint density at radius 1 is 0.648 bits per heavy atom. The predicted octanol–water partition coefficient (Wildman–Crippen LogP) is 10.4. The molecular weight excluding hydrogens is 735 g/mol. The Morgan fingerprint density at radius 2 is 1.07 bits per heavy atom. The van der Waals surface area contributed by atoms with Crippen LogP contribution in [0.15, 0.2) is 72.8 Å². The SMILES string of the molecule is CCNC[C@@H]1CCC[C@@]2(Cc3ccc(Cl)cc3)c3c(F)ccc(F)c3OCC12.NC[C@@H]1CCC[C@@]2(Cc3ccc(Cl)cc3)c3c(F)ccc(F)c3OCC12. The lowest BCUT2D eigenvalue weighted by molar-refractivity contribution is 0.0332. The summed E-state index contributed by atoms with van der Waals surface area (Å²) < 4.78 is 70.6. The summed E-state index contributed by atoms with van der Waals surface area (Å²) in [6.45, 7) is 5.20. The number of benzene rings is 4. The van der Waals surface area contributed by atoms with E-state index in [1.165, 1.54) is 18.2 Å². The molecule has 0 radical (unpaired) electrons. The second kappa shape index (κ2) is 16.4. The molecule has 288 valence electrons. The fourth-order valence-electron chi connectivity index (χ4n) is 10.3. The number of nitrogens with one attached hydrogen (secondary N) is 1. The zero-order valence-corrected chi connectivity index (χ0v) is 32.1. The molecule has 0 amide bonds. The van der Waals surface area contributed by atoms with Gasteiger partial charge in [-0.1, -0.05) is 67.2 Å². The van der Waals surface area contributed by atoms with Gasteiger partial charge in [-0.15, -0.1) is 0 Å². The zero-order chi connectivity index (χ0) is 38.0. The Labute approximate surface area is 325 Å². The monoisotopic (exact) mass is 782 g/mol. The molecule has 2 heterocycles. The second-order valence-electron chi connectivity index (χ2n) is 15.6. The smallest absolute Gasteiger partial charge is 0.165 e. The third kappa shape index (κ3) is 7.36. The van der Waals surface area contributed by atoms with E-state index in [1.54, 1.807) is 0 Å². The molecule has 4 aromatic carbocycles. The molecule has 2 saturated carbocycles. The number of hydrogen-bond donors (Lipinski definition) is 2. The van der Waals surface area contributed by atoms with Crippen LogP contribution in [0.25, 0.3) is 0 Å². The number of ether oxygens (including phenoxy) is 2. The molecule has 54 heavy (non-hydrogen) atoms. The van der Waals surface area contributed by atoms with E-state index < -0.39 is 28.3 Å². The lowest BCUT2D eigenvalue weighted by Crippen LogP contribution is -2.52. The third-order valence-corrected chi connectivity index (χ3v) is 13.2. The van der Waals surface area contributed by atoms with Crippen molar-refractivity contribution in [3.63, 3.8) is 0 Å². The number of hydrogen-bond acceptors (Lipinski definition) is 4. The minimum absolute atomic E-state index is 0.0701. The molecule has 4 nitrogen and oxygen atoms in total. The summed E-state index contributed by atoms with van der Waals surface area (Å²) in [7, 11) is 0. The van der Waals surface area contributed by atoms with Crippen LogP contribution in [0, 0.1) is 46.9 Å². The van der Waals surface area contributed by atoms with Gasteiger partial charge < -0.3 is 20.5 Å². The van der Waals surface area contributed by atoms with Crippen molar-refractivity contribution in [2.75, 3.05) is 32.8 Å². The van der Waals surface area contributed by atoms with Crippen molar-refractivity contribution < 1.29 is 27.0 Å². The van der Waals surface area contributed by atoms with Crippen molar-refractivity contribution in [3.8, 4) is 11.5 Å². The zero-order valence-electron chi connectivity index (χ0n) is 30.6. The van der Waals surface area contributed by atoms with Gasteiger partial charge in [-0.25, -0.2) is 17.6 Å². The van der Waals surface area contributed by atoms with Gasteiger partial charge in [0.05, 0.1) is 13.2 Å². The van der Waals surface area contributed by atoms with E-state index >= 15 is 4.39 Å². The van der Waals surface area contributed by atoms with Gasteiger partial charge in [0, 0.05) is 43.8 Å². The van der Waals surface area contributed by atoms with Crippen LogP contribution >= 0.6 is 23.2 Å². The van der Waals surface area contributed by atoms with Crippen molar-refractivity contribution in [2.45, 2.75) is 69.1 Å². The normalized spacial score (nSPS) is 26.8. The van der Waals surface area contributed by atoms with Crippen LogP contribution in [0.3, 0.4) is 0 Å². The average Bonchev–Trinajstić information content (AvgIpc) is 3.18. The molecule has 3 N–H and O–H groups in total. The molecule has 10 heteroatoms. The minimum Gasteiger partial charge on any atom is -0.490 e. The summed E-state index contributed by atoms with van der Waals surface area (Å²) >= 11 is 12.1. The molecule has 0 saturated heterocycles. The van der Waals surface area contributed by atoms with Crippen molar-refractivity contribution in [2.24, 2.45) is 29.4 Å². The van der Waals surface area contributed by atoms with E-state index in [0.29, 0.717) is 59.7 Å². The average molecular weight is 784 g/mol. The second-order valence-corrected chi connectivity index (χ2v) is 16.4. The van der Waals surface area contributed by atoms with Gasteiger partial charge in [-0.3, -0.25) is 0 Å². The van der Waals surface area contributed by atoms with Gasteiger partial charge in [0.25, 0.3) is 0 Å². The van der Waals surface area contributed by atoms with Crippen LogP contribution in [0.5, 0.6) is 11.5 Å². The maximum Gasteiger partial charge on any atom is 0.165 e. The molecule has 0 aromatic heterocycles. The Bertz CT molecular complexity index is 1930. The highest BCUT2D eigenvalue weighted by Crippen LogP contribution is 2.56. The van der Waals surface area contributed by atoms with Crippen molar-refractivity contribution in [1.82, 2.24) is 5.32 Å². The first kappa shape index (κ1) is 39.0. The van der Waals surface area contributed by atoms with Crippen LogP contribution in [-0.4, -0.2) is 32.8 Å². The Kier molecular flexibility index (Phi) is 11.9. The van der Waals surface area contributed by atoms with Crippen LogP contribution in [0.2, 0.25) is 10.0 Å². The highest BCUT2D eigenvalue weighted by molar-refractivity contribution is 6.30. The molecule has 2 aliphatic carbocycles. The maximum absolute atomic E-state index is 15.1. The van der Waals surface area contributed by atoms with Crippen LogP contribution in [0.4, 0.5) is 17.6 Å². The lowest BCUT2D eigenvalue weighted by Gasteiger charge is -2.52. The van der Waals surface area contributed by atoms with E-state index in [0.717, 1.165) is 68.8 Å². The first-order valence-electron chi connectivity index (χ1n) is 19.2. The molecule has 4 aliphatic rings. The standard InChI is InChI=1S/C23H26ClF2NO.C21H22ClF2NO/c1-2-27-13-16-4-3-11-23(12-15-5-7-17(24)8-6-15)18(16)14-28-22-20(26)10-9-19(25)21(22)23;22-15-5-3-13(4-6-15)10-21-9-1-2-14(11-25)16(21)12-26-20-18(24)8-7-17(23)19(20)21/h5-10,16,18,27H,2-4,11-14H2,1H3;3-8,14,16H,1-2,9-12,25H2/t16-,18?,23-;14-,16?,21-/m00/s1. The van der Waals surface area contributed by atoms with Crippen LogP contribution < -0.4 is 20.5 Å². The quantitative estimate of drug-likeness (QED) is 0.175. The Balaban J connectivity index is 0.000000167. The summed E-state index contributed by atoms with van der Waals surface area (Å²) in [4.78, 5) is 0. The van der Waals surface area contributed by atoms with Crippen molar-refractivity contribution in [1.29, 1.82) is 0 Å². The fraction of sp³-hybridized carbons (Fsp3) is 0.455. The van der Waals surface area contributed by atoms with E-state index in [2.05, 4.69) is 12.2 Å². The molecule has 2 aliphatic heterocycles. The Morgan fingerprint density at radius 3 is 1.52 bits per heavy atom. The number of fused-ring (bicyclic) bond motifs is 6. The molecule has 2 unspecified atom stereocenters. The first-order chi connectivity index (χ1) is 26.1. The molecule has 8 rings (SSSR count). The molecule has 0 spiro atoms. The van der Waals surface area contributed by atoms with E-state index in [-0.39, 0.29) is 35.1 Å². The van der Waals surface area contributed by atoms with Gasteiger partial charge in [0.15, 0.2) is 23.1 Å². The summed E-state index contributed by atoms with van der Waals surface area (Å²) in [5.41, 5.74) is 8.04. The molecule has 0 bridgehead atoms. The Hall–Kier alpha value is -3.30. The van der Waals surface area contributed by atoms with Crippen molar-refractivity contribution >= 4 is 23.2 Å². The molecule has 4 aromatic rings. The van der Waals surface area contributed by atoms with Gasteiger partial charge in [-0.2, -0.15) is 0 Å². The van der Waals surface area contributed by atoms with Crippen LogP contribution in [0.1, 0.15) is 67.7 Å². The molecular formula is C44H48Cl2F4N2O2. The van der Waals surface area contributed by atoms with Gasteiger partial charge >= 0.3 is 0 Å². The first-order valence-corrected chi connectivity index (χ1v) is 20.0. The third-order valence-electron chi connectivity index (χ3n) is 12.7. The van der Waals surface area contributed by atoms with Gasteiger partial charge in [0.2, 0.25) is 0 Å². The van der Waals surface area contributed by atoms with Gasteiger partial charge in [0.1, 0.15) is 11.6 Å². The topological polar surface area (TPSA) is 56.5 Å². The highest BCUT2D eigenvalue weighted by atomic mass is 35.5. The van der Waals surface area contributed by atoms with Gasteiger partial charge in [-0.05, 0) is 130 Å². The summed E-state index contributed by atoms with van der Waals surface area (Å²) in [6, 6.07) is 20.1. The fourth-order valence-corrected chi connectivity index (χ4v) is 10.5. The molecule has 2 fully saturated rings. The highest BCUT2D eigenvalue weighted by Gasteiger charge is 2.54. The van der Waals surface area contributed by atoms with E-state index in [1.807, 2.05) is 48.5 Å². The van der Waals surface area contributed by atoms with E-state index in [9.17, 15) is 13.2 Å². The summed E-state index contributed by atoms with van der Waals surface area (Å²) in [5.74, 6) is -0.715. The van der Waals surface area contributed by atoms with Crippen LogP contribution in [-0.2, 0) is 23.7 Å². The number of rotatable bonds is 8. The number of halogens is 6. The minimum atomic E-state index is -0.504. The lowest BCUT2D eigenvalue weighted by atomic mass is 9.55. The summed E-state index contributed by atoms with van der Waals surface area (Å²) in [5, 5.41) is 4.79. The summed E-state index contributed by atoms with van der Waals surface area (Å²) in [6.07, 6.45) is 6.94. The largest absolute Gasteiger partial charge is 0.490 e. The predicted molar refractivity (Wildman–Crippen MR) is 207 cm³/mol. The molecule has 6 atom stereocenters. The van der Waals surface area contributed by atoms with E-state index in [4.69, 9.17) is 38.4 Å². The number of nitrogens with two attached hydrogens (primary N) is 1. The van der Waals surface area contributed by atoms with Crippen molar-refractivity contribution in [3.05, 3.63) is 128 Å². The maximum atomic E-state index is 15.1.